The van der Waals surface area contributed by atoms with Crippen LogP contribution in [-0.4, -0.2) is 44.2 Å². The molecule has 2 aromatic carbocycles. The van der Waals surface area contributed by atoms with Crippen molar-refractivity contribution in [1.82, 2.24) is 4.31 Å². The van der Waals surface area contributed by atoms with E-state index in [0.717, 1.165) is 24.1 Å². The number of nitrogens with zero attached hydrogens (tertiary/aromatic N) is 2. The van der Waals surface area contributed by atoms with Gasteiger partial charge in [0, 0.05) is 37.4 Å². The van der Waals surface area contributed by atoms with Crippen LogP contribution in [0.4, 0.5) is 11.4 Å². The fourth-order valence-electron chi connectivity index (χ4n) is 3.88. The fraction of sp³-hybridized carbons (Fsp3) is 0.417. The van der Waals surface area contributed by atoms with Crippen molar-refractivity contribution in [2.45, 2.75) is 44.9 Å². The average Bonchev–Trinajstić information content (AvgIpc) is 3.16. The summed E-state index contributed by atoms with van der Waals surface area (Å²) in [5, 5.41) is 2.82. The highest BCUT2D eigenvalue weighted by atomic mass is 32.2. The van der Waals surface area contributed by atoms with E-state index >= 15 is 0 Å². The monoisotopic (exact) mass is 457 g/mol. The lowest BCUT2D eigenvalue weighted by atomic mass is 10.1. The van der Waals surface area contributed by atoms with Crippen LogP contribution >= 0.6 is 0 Å². The van der Waals surface area contributed by atoms with Gasteiger partial charge in [0.2, 0.25) is 21.8 Å². The number of hydrogen-bond acceptors (Lipinski definition) is 4. The molecule has 1 N–H and O–H groups in total. The first kappa shape index (κ1) is 23.9. The van der Waals surface area contributed by atoms with Crippen molar-refractivity contribution in [2.75, 3.05) is 29.9 Å². The minimum Gasteiger partial charge on any atom is -0.326 e. The van der Waals surface area contributed by atoms with Crippen molar-refractivity contribution in [1.29, 1.82) is 0 Å². The van der Waals surface area contributed by atoms with Gasteiger partial charge < -0.3 is 10.2 Å². The molecule has 8 heteroatoms. The molecular formula is C24H31N3O4S. The van der Waals surface area contributed by atoms with Gasteiger partial charge in [-0.2, -0.15) is 4.31 Å². The van der Waals surface area contributed by atoms with Crippen LogP contribution in [0.2, 0.25) is 0 Å². The Morgan fingerprint density at radius 2 is 1.75 bits per heavy atom. The molecule has 7 nitrogen and oxygen atoms in total. The normalized spacial score (nSPS) is 16.6. The Morgan fingerprint density at radius 1 is 1.09 bits per heavy atom. The molecule has 1 unspecified atom stereocenters. The van der Waals surface area contributed by atoms with Crippen LogP contribution in [0.5, 0.6) is 0 Å². The Hall–Kier alpha value is -2.71. The number of carbonyl (C=O) groups excluding carboxylic acids is 2. The van der Waals surface area contributed by atoms with Crippen LogP contribution in [0.1, 0.15) is 38.7 Å². The van der Waals surface area contributed by atoms with E-state index < -0.39 is 15.9 Å². The first-order valence-electron chi connectivity index (χ1n) is 11.0. The van der Waals surface area contributed by atoms with Crippen LogP contribution in [-0.2, 0) is 19.6 Å². The van der Waals surface area contributed by atoms with Gasteiger partial charge in [0.15, 0.2) is 0 Å². The SMILES string of the molecule is CCCN(CCC)S(=O)(=O)c1ccc(NC(=O)C2CC(=O)N(c3cccc(C)c3)C2)cc1. The first-order chi connectivity index (χ1) is 15.3. The zero-order chi connectivity index (χ0) is 23.3. The predicted molar refractivity (Wildman–Crippen MR) is 126 cm³/mol. The smallest absolute Gasteiger partial charge is 0.243 e. The van der Waals surface area contributed by atoms with Crippen molar-refractivity contribution in [2.24, 2.45) is 5.92 Å². The number of sulfonamides is 1. The number of amides is 2. The molecule has 2 amide bonds. The first-order valence-corrected chi connectivity index (χ1v) is 12.5. The van der Waals surface area contributed by atoms with E-state index in [1.807, 2.05) is 45.0 Å². The molecule has 1 fully saturated rings. The Balaban J connectivity index is 1.67. The van der Waals surface area contributed by atoms with Crippen molar-refractivity contribution in [3.63, 3.8) is 0 Å². The number of aryl methyl sites for hydroxylation is 1. The lowest BCUT2D eigenvalue weighted by Gasteiger charge is -2.21. The summed E-state index contributed by atoms with van der Waals surface area (Å²) >= 11 is 0. The van der Waals surface area contributed by atoms with Gasteiger partial charge in [0.05, 0.1) is 10.8 Å². The number of benzene rings is 2. The Morgan fingerprint density at radius 3 is 2.34 bits per heavy atom. The van der Waals surface area contributed by atoms with Crippen molar-refractivity contribution in [3.8, 4) is 0 Å². The molecule has 0 aliphatic carbocycles. The maximum Gasteiger partial charge on any atom is 0.243 e. The topological polar surface area (TPSA) is 86.8 Å². The quantitative estimate of drug-likeness (QED) is 0.621. The molecule has 1 atom stereocenters. The Kier molecular flexibility index (Phi) is 7.69. The van der Waals surface area contributed by atoms with Gasteiger partial charge in [-0.05, 0) is 61.7 Å². The molecule has 1 aliphatic heterocycles. The van der Waals surface area contributed by atoms with Crippen molar-refractivity contribution >= 4 is 33.2 Å². The highest BCUT2D eigenvalue weighted by Crippen LogP contribution is 2.27. The van der Waals surface area contributed by atoms with E-state index in [1.165, 1.54) is 16.4 Å². The van der Waals surface area contributed by atoms with E-state index in [1.54, 1.807) is 17.0 Å². The third kappa shape index (κ3) is 5.37. The lowest BCUT2D eigenvalue weighted by molar-refractivity contribution is -0.122. The van der Waals surface area contributed by atoms with Gasteiger partial charge in [-0.15, -0.1) is 0 Å². The third-order valence-electron chi connectivity index (χ3n) is 5.51. The van der Waals surface area contributed by atoms with Gasteiger partial charge in [-0.1, -0.05) is 26.0 Å². The maximum absolute atomic E-state index is 12.9. The Labute approximate surface area is 190 Å². The summed E-state index contributed by atoms with van der Waals surface area (Å²) in [5.41, 5.74) is 2.35. The predicted octanol–water partition coefficient (Wildman–Crippen LogP) is 3.80. The van der Waals surface area contributed by atoms with Crippen molar-refractivity contribution < 1.29 is 18.0 Å². The molecule has 172 valence electrons. The van der Waals surface area contributed by atoms with Crippen LogP contribution in [0.15, 0.2) is 53.4 Å². The van der Waals surface area contributed by atoms with Crippen LogP contribution in [0, 0.1) is 12.8 Å². The summed E-state index contributed by atoms with van der Waals surface area (Å²) in [7, 11) is -3.57. The molecule has 1 aliphatic rings. The highest BCUT2D eigenvalue weighted by molar-refractivity contribution is 7.89. The molecule has 1 heterocycles. The van der Waals surface area contributed by atoms with E-state index in [4.69, 9.17) is 0 Å². The second-order valence-electron chi connectivity index (χ2n) is 8.16. The zero-order valence-electron chi connectivity index (χ0n) is 18.9. The highest BCUT2D eigenvalue weighted by Gasteiger charge is 2.35. The van der Waals surface area contributed by atoms with E-state index in [9.17, 15) is 18.0 Å². The molecule has 32 heavy (non-hydrogen) atoms. The minimum absolute atomic E-state index is 0.0795. The molecule has 2 aromatic rings. The number of hydrogen-bond donors (Lipinski definition) is 1. The summed E-state index contributed by atoms with van der Waals surface area (Å²) in [6, 6.07) is 13.9. The molecule has 0 aromatic heterocycles. The van der Waals surface area contributed by atoms with Crippen LogP contribution in [0.3, 0.4) is 0 Å². The average molecular weight is 458 g/mol. The van der Waals surface area contributed by atoms with Gasteiger partial charge in [0.1, 0.15) is 0 Å². The van der Waals surface area contributed by atoms with Gasteiger partial charge in [-0.25, -0.2) is 8.42 Å². The molecule has 0 radical (unpaired) electrons. The third-order valence-corrected chi connectivity index (χ3v) is 7.43. The molecule has 3 rings (SSSR count). The minimum atomic E-state index is -3.57. The molecule has 0 spiro atoms. The summed E-state index contributed by atoms with van der Waals surface area (Å²) < 4.78 is 27.3. The summed E-state index contributed by atoms with van der Waals surface area (Å²) in [6.45, 7) is 7.13. The van der Waals surface area contributed by atoms with Crippen molar-refractivity contribution in [3.05, 3.63) is 54.1 Å². The van der Waals surface area contributed by atoms with E-state index in [0.29, 0.717) is 25.3 Å². The largest absolute Gasteiger partial charge is 0.326 e. The van der Waals surface area contributed by atoms with Gasteiger partial charge in [0.25, 0.3) is 0 Å². The second kappa shape index (κ2) is 10.3. The van der Waals surface area contributed by atoms with E-state index in [-0.39, 0.29) is 23.1 Å². The molecular weight excluding hydrogens is 426 g/mol. The summed E-state index contributed by atoms with van der Waals surface area (Å²) in [6.07, 6.45) is 1.63. The number of anilines is 2. The molecule has 1 saturated heterocycles. The van der Waals surface area contributed by atoms with Gasteiger partial charge >= 0.3 is 0 Å². The Bertz CT molecular complexity index is 1060. The second-order valence-corrected chi connectivity index (χ2v) is 10.1. The fourth-order valence-corrected chi connectivity index (χ4v) is 5.51. The van der Waals surface area contributed by atoms with Crippen LogP contribution < -0.4 is 10.2 Å². The van der Waals surface area contributed by atoms with Crippen LogP contribution in [0.25, 0.3) is 0 Å². The number of nitrogens with one attached hydrogen (secondary N) is 1. The molecule has 0 saturated carbocycles. The summed E-state index contributed by atoms with van der Waals surface area (Å²) in [4.78, 5) is 27.1. The number of carbonyl (C=O) groups is 2. The number of rotatable bonds is 9. The standard InChI is InChI=1S/C24H31N3O4S/c1-4-13-26(14-5-2)32(30,31)22-11-9-20(10-12-22)25-24(29)19-16-23(28)27(17-19)21-8-6-7-18(3)15-21/h6-12,15,19H,4-5,13-14,16-17H2,1-3H3,(H,25,29). The van der Waals surface area contributed by atoms with Gasteiger partial charge in [-0.3, -0.25) is 9.59 Å². The maximum atomic E-state index is 12.9. The summed E-state index contributed by atoms with van der Waals surface area (Å²) in [5.74, 6) is -0.789. The lowest BCUT2D eigenvalue weighted by Crippen LogP contribution is -2.32. The zero-order valence-corrected chi connectivity index (χ0v) is 19.7. The molecule has 0 bridgehead atoms. The van der Waals surface area contributed by atoms with E-state index in [2.05, 4.69) is 5.32 Å².